The van der Waals surface area contributed by atoms with Crippen molar-refractivity contribution in [1.29, 1.82) is 0 Å². The first-order valence-corrected chi connectivity index (χ1v) is 2.34. The van der Waals surface area contributed by atoms with E-state index in [2.05, 4.69) is 12.2 Å². The lowest BCUT2D eigenvalue weighted by atomic mass is 10.2. The van der Waals surface area contributed by atoms with Gasteiger partial charge in [-0.05, 0) is 25.0 Å². The van der Waals surface area contributed by atoms with Crippen molar-refractivity contribution in [3.8, 4) is 0 Å². The Kier molecular flexibility index (Phi) is 1.42. The van der Waals surface area contributed by atoms with Crippen molar-refractivity contribution in [2.24, 2.45) is 0 Å². The lowest BCUT2D eigenvalue weighted by Crippen LogP contribution is -1.84. The van der Waals surface area contributed by atoms with Crippen LogP contribution in [0.15, 0.2) is 11.7 Å². The molecule has 0 aromatic heterocycles. The maximum absolute atomic E-state index is 11.9. The SMILES string of the molecule is FC1=[C]CC[C]=C1F. The first-order valence-electron chi connectivity index (χ1n) is 2.34. The van der Waals surface area contributed by atoms with Crippen molar-refractivity contribution < 1.29 is 8.78 Å². The molecule has 0 unspecified atom stereocenters. The van der Waals surface area contributed by atoms with Crippen molar-refractivity contribution in [1.82, 2.24) is 0 Å². The lowest BCUT2D eigenvalue weighted by molar-refractivity contribution is 0.520. The summed E-state index contributed by atoms with van der Waals surface area (Å²) < 4.78 is 23.8. The average Bonchev–Trinajstić information content (AvgIpc) is 1.77. The first kappa shape index (κ1) is 5.48. The molecule has 0 aliphatic heterocycles. The standard InChI is InChI=1S/C6H4F2/c7-5-3-1-2-4-6(5)8/h1-2H2. The van der Waals surface area contributed by atoms with Gasteiger partial charge in [-0.25, -0.2) is 8.78 Å². The van der Waals surface area contributed by atoms with Crippen molar-refractivity contribution in [3.63, 3.8) is 0 Å². The Hall–Kier alpha value is -0.660. The fraction of sp³-hybridized carbons (Fsp3) is 0.333. The fourth-order valence-corrected chi connectivity index (χ4v) is 0.500. The zero-order chi connectivity index (χ0) is 5.98. The summed E-state index contributed by atoms with van der Waals surface area (Å²) >= 11 is 0. The summed E-state index contributed by atoms with van der Waals surface area (Å²) in [6.45, 7) is 0. The number of allylic oxidation sites excluding steroid dienone is 4. The summed E-state index contributed by atoms with van der Waals surface area (Å²) in [5, 5.41) is 0. The highest BCUT2D eigenvalue weighted by molar-refractivity contribution is 5.15. The molecule has 0 saturated carbocycles. The van der Waals surface area contributed by atoms with Crippen LogP contribution in [0.25, 0.3) is 0 Å². The highest BCUT2D eigenvalue weighted by atomic mass is 19.2. The molecule has 1 aliphatic carbocycles. The van der Waals surface area contributed by atoms with Gasteiger partial charge in [0, 0.05) is 0 Å². The number of hydrogen-bond donors (Lipinski definition) is 0. The topological polar surface area (TPSA) is 0 Å². The van der Waals surface area contributed by atoms with Gasteiger partial charge < -0.3 is 0 Å². The normalized spacial score (nSPS) is 19.8. The zero-order valence-electron chi connectivity index (χ0n) is 4.17. The van der Waals surface area contributed by atoms with E-state index in [1.165, 1.54) is 0 Å². The molecule has 0 nitrogen and oxygen atoms in total. The minimum atomic E-state index is -0.892. The van der Waals surface area contributed by atoms with E-state index in [0.29, 0.717) is 12.8 Å². The Morgan fingerprint density at radius 2 is 1.38 bits per heavy atom. The van der Waals surface area contributed by atoms with Crippen LogP contribution in [0, 0.1) is 12.2 Å². The largest absolute Gasteiger partial charge is 0.203 e. The maximum Gasteiger partial charge on any atom is 0.162 e. The molecule has 0 N–H and O–H groups in total. The van der Waals surface area contributed by atoms with E-state index >= 15 is 0 Å². The quantitative estimate of drug-likeness (QED) is 0.452. The Morgan fingerprint density at radius 1 is 1.00 bits per heavy atom. The van der Waals surface area contributed by atoms with Gasteiger partial charge in [-0.1, -0.05) is 0 Å². The Labute approximate surface area is 46.5 Å². The molecule has 0 saturated heterocycles. The Bertz CT molecular complexity index is 127. The molecule has 0 heterocycles. The highest BCUT2D eigenvalue weighted by Crippen LogP contribution is 2.18. The van der Waals surface area contributed by atoms with Gasteiger partial charge in [0.15, 0.2) is 11.7 Å². The first-order chi connectivity index (χ1) is 3.80. The van der Waals surface area contributed by atoms with Crippen molar-refractivity contribution >= 4 is 0 Å². The second-order valence-corrected chi connectivity index (χ2v) is 1.48. The van der Waals surface area contributed by atoms with Crippen LogP contribution in [0.2, 0.25) is 0 Å². The molecule has 0 bridgehead atoms. The van der Waals surface area contributed by atoms with E-state index in [-0.39, 0.29) is 0 Å². The summed E-state index contributed by atoms with van der Waals surface area (Å²) in [5.74, 6) is -1.78. The van der Waals surface area contributed by atoms with Gasteiger partial charge in [-0.15, -0.1) is 0 Å². The van der Waals surface area contributed by atoms with Crippen LogP contribution >= 0.6 is 0 Å². The third-order valence-corrected chi connectivity index (χ3v) is 0.878. The fourth-order valence-electron chi connectivity index (χ4n) is 0.500. The molecule has 0 aromatic carbocycles. The van der Waals surface area contributed by atoms with Crippen LogP contribution in [-0.2, 0) is 0 Å². The summed E-state index contributed by atoms with van der Waals surface area (Å²) in [4.78, 5) is 0. The van der Waals surface area contributed by atoms with E-state index in [1.54, 1.807) is 0 Å². The Balaban J connectivity index is 2.73. The van der Waals surface area contributed by atoms with Crippen LogP contribution in [-0.4, -0.2) is 0 Å². The maximum atomic E-state index is 11.9. The van der Waals surface area contributed by atoms with Gasteiger partial charge in [-0.2, -0.15) is 0 Å². The molecule has 1 rings (SSSR count). The monoisotopic (exact) mass is 114 g/mol. The number of hydrogen-bond acceptors (Lipinski definition) is 0. The van der Waals surface area contributed by atoms with Gasteiger partial charge in [0.2, 0.25) is 0 Å². The van der Waals surface area contributed by atoms with E-state index < -0.39 is 11.7 Å². The predicted molar refractivity (Wildman–Crippen MR) is 25.0 cm³/mol. The molecule has 0 fully saturated rings. The molecular formula is C6H4F2. The number of halogens is 2. The molecule has 0 amide bonds. The third kappa shape index (κ3) is 0.941. The van der Waals surface area contributed by atoms with E-state index in [1.807, 2.05) is 0 Å². The molecule has 1 aliphatic rings. The summed E-state index contributed by atoms with van der Waals surface area (Å²) in [7, 11) is 0. The molecule has 2 radical (unpaired) electrons. The van der Waals surface area contributed by atoms with Crippen LogP contribution in [0.4, 0.5) is 8.78 Å². The van der Waals surface area contributed by atoms with E-state index in [9.17, 15) is 8.78 Å². The van der Waals surface area contributed by atoms with Crippen molar-refractivity contribution in [3.05, 3.63) is 23.8 Å². The van der Waals surface area contributed by atoms with Crippen LogP contribution in [0.5, 0.6) is 0 Å². The molecule has 0 atom stereocenters. The number of rotatable bonds is 0. The van der Waals surface area contributed by atoms with Gasteiger partial charge in [0.1, 0.15) is 0 Å². The lowest BCUT2D eigenvalue weighted by Gasteiger charge is -1.96. The van der Waals surface area contributed by atoms with Gasteiger partial charge >= 0.3 is 0 Å². The summed E-state index contributed by atoms with van der Waals surface area (Å²) in [6.07, 6.45) is 5.30. The predicted octanol–water partition coefficient (Wildman–Crippen LogP) is 2.09. The van der Waals surface area contributed by atoms with Gasteiger partial charge in [0.05, 0.1) is 0 Å². The van der Waals surface area contributed by atoms with Crippen LogP contribution < -0.4 is 0 Å². The molecule has 42 valence electrons. The van der Waals surface area contributed by atoms with Gasteiger partial charge in [-0.3, -0.25) is 0 Å². The van der Waals surface area contributed by atoms with Crippen LogP contribution in [0.1, 0.15) is 12.8 Å². The molecule has 0 spiro atoms. The second-order valence-electron chi connectivity index (χ2n) is 1.48. The van der Waals surface area contributed by atoms with Crippen molar-refractivity contribution in [2.75, 3.05) is 0 Å². The second kappa shape index (κ2) is 2.07. The minimum absolute atomic E-state index is 0.444. The van der Waals surface area contributed by atoms with E-state index in [4.69, 9.17) is 0 Å². The van der Waals surface area contributed by atoms with Crippen LogP contribution in [0.3, 0.4) is 0 Å². The molecular weight excluding hydrogens is 110 g/mol. The highest BCUT2D eigenvalue weighted by Gasteiger charge is 2.06. The molecule has 8 heavy (non-hydrogen) atoms. The summed E-state index contributed by atoms with van der Waals surface area (Å²) in [5.41, 5.74) is 0. The summed E-state index contributed by atoms with van der Waals surface area (Å²) in [6, 6.07) is 0. The molecule has 0 aromatic rings. The third-order valence-electron chi connectivity index (χ3n) is 0.878. The van der Waals surface area contributed by atoms with E-state index in [0.717, 1.165) is 0 Å². The van der Waals surface area contributed by atoms with Crippen molar-refractivity contribution in [2.45, 2.75) is 12.8 Å². The van der Waals surface area contributed by atoms with Gasteiger partial charge in [0.25, 0.3) is 0 Å². The molecule has 2 heteroatoms. The average molecular weight is 114 g/mol. The minimum Gasteiger partial charge on any atom is -0.203 e. The smallest absolute Gasteiger partial charge is 0.162 e. The Morgan fingerprint density at radius 3 is 1.62 bits per heavy atom. The zero-order valence-corrected chi connectivity index (χ0v) is 4.17.